The summed E-state index contributed by atoms with van der Waals surface area (Å²) in [6.07, 6.45) is 1.24. The molecule has 2 aliphatic heterocycles. The number of likely N-dealkylation sites (tertiary alicyclic amines) is 1. The third-order valence-corrected chi connectivity index (χ3v) is 7.27. The molecule has 0 unspecified atom stereocenters. The maximum atomic E-state index is 13.1. The number of benzene rings is 2. The Morgan fingerprint density at radius 1 is 1.00 bits per heavy atom. The standard InChI is InChI=1S/C21H23FN2O4S/c22-17-8-10-20(11-9-17)29(26,27)24-12-4-5-16(13-24)21(25)23-14-19(15-23)28-18-6-2-1-3-7-18/h1-3,6-11,16,19H,4-5,12-15H2/t16-/m0/s1. The van der Waals surface area contributed by atoms with E-state index >= 15 is 0 Å². The number of carbonyl (C=O) groups is 1. The van der Waals surface area contributed by atoms with E-state index in [4.69, 9.17) is 4.74 Å². The van der Waals surface area contributed by atoms with Crippen molar-refractivity contribution in [1.29, 1.82) is 0 Å². The van der Waals surface area contributed by atoms with E-state index in [1.54, 1.807) is 4.90 Å². The van der Waals surface area contributed by atoms with Gasteiger partial charge in [-0.3, -0.25) is 4.79 Å². The lowest BCUT2D eigenvalue weighted by molar-refractivity contribution is -0.145. The van der Waals surface area contributed by atoms with Gasteiger partial charge < -0.3 is 9.64 Å². The van der Waals surface area contributed by atoms with Crippen LogP contribution < -0.4 is 4.74 Å². The number of sulfonamides is 1. The molecule has 29 heavy (non-hydrogen) atoms. The molecule has 4 rings (SSSR count). The quantitative estimate of drug-likeness (QED) is 0.748. The van der Waals surface area contributed by atoms with Gasteiger partial charge in [-0.15, -0.1) is 0 Å². The van der Waals surface area contributed by atoms with Crippen molar-refractivity contribution in [3.63, 3.8) is 0 Å². The van der Waals surface area contributed by atoms with Crippen molar-refractivity contribution in [3.8, 4) is 5.75 Å². The van der Waals surface area contributed by atoms with Crippen LogP contribution in [0.15, 0.2) is 59.5 Å². The molecule has 2 fully saturated rings. The molecule has 0 bridgehead atoms. The van der Waals surface area contributed by atoms with Crippen molar-refractivity contribution in [2.75, 3.05) is 26.2 Å². The van der Waals surface area contributed by atoms with E-state index in [0.29, 0.717) is 32.5 Å². The molecule has 2 aromatic rings. The van der Waals surface area contributed by atoms with Crippen LogP contribution in [0.25, 0.3) is 0 Å². The molecule has 1 amide bonds. The zero-order chi connectivity index (χ0) is 20.4. The van der Waals surface area contributed by atoms with Gasteiger partial charge in [0.15, 0.2) is 0 Å². The fourth-order valence-corrected chi connectivity index (χ4v) is 5.28. The first-order valence-electron chi connectivity index (χ1n) is 9.70. The van der Waals surface area contributed by atoms with Gasteiger partial charge >= 0.3 is 0 Å². The van der Waals surface area contributed by atoms with Gasteiger partial charge in [0.2, 0.25) is 15.9 Å². The third-order valence-electron chi connectivity index (χ3n) is 5.39. The van der Waals surface area contributed by atoms with Crippen LogP contribution in [0.1, 0.15) is 12.8 Å². The summed E-state index contributed by atoms with van der Waals surface area (Å²) >= 11 is 0. The van der Waals surface area contributed by atoms with Crippen LogP contribution >= 0.6 is 0 Å². The Kier molecular flexibility index (Phi) is 5.56. The Labute approximate surface area is 169 Å². The van der Waals surface area contributed by atoms with Crippen molar-refractivity contribution in [2.24, 2.45) is 5.92 Å². The summed E-state index contributed by atoms with van der Waals surface area (Å²) in [5, 5.41) is 0. The summed E-state index contributed by atoms with van der Waals surface area (Å²) in [5.74, 6) is -0.104. The lowest BCUT2D eigenvalue weighted by atomic mass is 9.96. The molecule has 2 saturated heterocycles. The number of para-hydroxylation sites is 1. The van der Waals surface area contributed by atoms with Crippen molar-refractivity contribution in [2.45, 2.75) is 23.8 Å². The summed E-state index contributed by atoms with van der Waals surface area (Å²) in [4.78, 5) is 14.6. The normalized spacial score (nSPS) is 20.9. The Balaban J connectivity index is 1.35. The Hall–Kier alpha value is -2.45. The zero-order valence-corrected chi connectivity index (χ0v) is 16.7. The summed E-state index contributed by atoms with van der Waals surface area (Å²) in [7, 11) is -3.74. The average molecular weight is 418 g/mol. The van der Waals surface area contributed by atoms with Gasteiger partial charge in [-0.25, -0.2) is 12.8 Å². The summed E-state index contributed by atoms with van der Waals surface area (Å²) in [6.45, 7) is 1.53. The first-order valence-corrected chi connectivity index (χ1v) is 11.1. The van der Waals surface area contributed by atoms with Crippen LogP contribution in [0.3, 0.4) is 0 Å². The minimum atomic E-state index is -3.74. The van der Waals surface area contributed by atoms with Gasteiger partial charge in [-0.1, -0.05) is 18.2 Å². The van der Waals surface area contributed by atoms with Gasteiger partial charge in [0.05, 0.1) is 23.9 Å². The number of amides is 1. The molecule has 0 aliphatic carbocycles. The molecule has 0 spiro atoms. The molecule has 154 valence electrons. The number of hydrogen-bond acceptors (Lipinski definition) is 4. The summed E-state index contributed by atoms with van der Waals surface area (Å²) in [5.41, 5.74) is 0. The van der Waals surface area contributed by atoms with E-state index in [2.05, 4.69) is 0 Å². The number of carbonyl (C=O) groups excluding carboxylic acids is 1. The molecule has 0 aromatic heterocycles. The number of nitrogens with zero attached hydrogens (tertiary/aromatic N) is 2. The molecule has 8 heteroatoms. The van der Waals surface area contributed by atoms with E-state index < -0.39 is 15.8 Å². The van der Waals surface area contributed by atoms with Gasteiger partial charge in [-0.2, -0.15) is 4.31 Å². The smallest absolute Gasteiger partial charge is 0.243 e. The second-order valence-electron chi connectivity index (χ2n) is 7.45. The van der Waals surface area contributed by atoms with Gasteiger partial charge in [0.25, 0.3) is 0 Å². The first kappa shape index (κ1) is 19.8. The molecular weight excluding hydrogens is 395 g/mol. The van der Waals surface area contributed by atoms with Gasteiger partial charge in [0.1, 0.15) is 17.7 Å². The lowest BCUT2D eigenvalue weighted by Crippen LogP contribution is -2.59. The van der Waals surface area contributed by atoms with E-state index in [-0.39, 0.29) is 29.4 Å². The number of piperidine rings is 1. The second kappa shape index (κ2) is 8.12. The van der Waals surface area contributed by atoms with Crippen LogP contribution in [0.5, 0.6) is 5.75 Å². The highest BCUT2D eigenvalue weighted by atomic mass is 32.2. The maximum Gasteiger partial charge on any atom is 0.243 e. The Bertz CT molecular complexity index is 960. The number of ether oxygens (including phenoxy) is 1. The molecule has 6 nitrogen and oxygen atoms in total. The molecule has 0 saturated carbocycles. The highest BCUT2D eigenvalue weighted by Crippen LogP contribution is 2.27. The Morgan fingerprint density at radius 3 is 2.38 bits per heavy atom. The van der Waals surface area contributed by atoms with Crippen LogP contribution in [0.4, 0.5) is 4.39 Å². The Morgan fingerprint density at radius 2 is 1.69 bits per heavy atom. The molecular formula is C21H23FN2O4S. The number of hydrogen-bond donors (Lipinski definition) is 0. The maximum absolute atomic E-state index is 13.1. The largest absolute Gasteiger partial charge is 0.487 e. The average Bonchev–Trinajstić information content (AvgIpc) is 2.71. The predicted molar refractivity (Wildman–Crippen MR) is 105 cm³/mol. The van der Waals surface area contributed by atoms with Gasteiger partial charge in [0, 0.05) is 13.1 Å². The summed E-state index contributed by atoms with van der Waals surface area (Å²) < 4.78 is 46.0. The topological polar surface area (TPSA) is 66.9 Å². The SMILES string of the molecule is O=C([C@H]1CCCN(S(=O)(=O)c2ccc(F)cc2)C1)N1CC(Oc2ccccc2)C1. The molecule has 1 atom stereocenters. The minimum Gasteiger partial charge on any atom is -0.487 e. The van der Waals surface area contributed by atoms with Crippen LogP contribution in [-0.2, 0) is 14.8 Å². The molecule has 0 radical (unpaired) electrons. The van der Waals surface area contributed by atoms with Crippen LogP contribution in [0, 0.1) is 11.7 Å². The highest BCUT2D eigenvalue weighted by Gasteiger charge is 2.39. The molecule has 2 aliphatic rings. The molecule has 2 heterocycles. The van der Waals surface area contributed by atoms with E-state index in [0.717, 1.165) is 17.9 Å². The fraction of sp³-hybridized carbons (Fsp3) is 0.381. The van der Waals surface area contributed by atoms with Crippen LogP contribution in [-0.4, -0.2) is 55.8 Å². The monoisotopic (exact) mass is 418 g/mol. The first-order chi connectivity index (χ1) is 13.9. The van der Waals surface area contributed by atoms with Crippen molar-refractivity contribution < 1.29 is 22.3 Å². The van der Waals surface area contributed by atoms with E-state index in [1.165, 1.54) is 16.4 Å². The van der Waals surface area contributed by atoms with E-state index in [9.17, 15) is 17.6 Å². The van der Waals surface area contributed by atoms with Crippen molar-refractivity contribution in [1.82, 2.24) is 9.21 Å². The van der Waals surface area contributed by atoms with Crippen LogP contribution in [0.2, 0.25) is 0 Å². The third kappa shape index (κ3) is 4.28. The van der Waals surface area contributed by atoms with Crippen molar-refractivity contribution >= 4 is 15.9 Å². The minimum absolute atomic E-state index is 0.0306. The number of halogens is 1. The zero-order valence-electron chi connectivity index (χ0n) is 15.9. The van der Waals surface area contributed by atoms with Crippen molar-refractivity contribution in [3.05, 3.63) is 60.4 Å². The fourth-order valence-electron chi connectivity index (χ4n) is 3.76. The van der Waals surface area contributed by atoms with E-state index in [1.807, 2.05) is 30.3 Å². The predicted octanol–water partition coefficient (Wildman–Crippen LogP) is 2.52. The van der Waals surface area contributed by atoms with Gasteiger partial charge in [-0.05, 0) is 49.2 Å². The lowest BCUT2D eigenvalue weighted by Gasteiger charge is -2.42. The number of rotatable bonds is 5. The highest BCUT2D eigenvalue weighted by molar-refractivity contribution is 7.89. The second-order valence-corrected chi connectivity index (χ2v) is 9.39. The molecule has 0 N–H and O–H groups in total. The molecule has 2 aromatic carbocycles. The summed E-state index contributed by atoms with van der Waals surface area (Å²) in [6, 6.07) is 14.3.